The van der Waals surface area contributed by atoms with Gasteiger partial charge in [0.15, 0.2) is 0 Å². The highest BCUT2D eigenvalue weighted by molar-refractivity contribution is 5.85. The molecule has 1 aliphatic heterocycles. The number of rotatable bonds is 3. The first-order valence-electron chi connectivity index (χ1n) is 6.94. The van der Waals surface area contributed by atoms with E-state index in [9.17, 15) is 14.7 Å². The number of carbonyl (C=O) groups excluding carboxylic acids is 1. The van der Waals surface area contributed by atoms with Crippen molar-refractivity contribution in [1.82, 2.24) is 10.2 Å². The largest absolute Gasteiger partial charge is 0.481 e. The fraction of sp³-hybridized carbons (Fsp3) is 0.714. The smallest absolute Gasteiger partial charge is 0.307 e. The number of carboxylic acid groups (broad SMARTS) is 1. The highest BCUT2D eigenvalue weighted by Crippen LogP contribution is 2.26. The van der Waals surface area contributed by atoms with E-state index in [0.717, 1.165) is 25.9 Å². The van der Waals surface area contributed by atoms with Crippen molar-refractivity contribution in [3.63, 3.8) is 0 Å². The maximum Gasteiger partial charge on any atom is 0.307 e. The number of likely N-dealkylation sites (N-methyl/N-ethyl adjacent to an activating group) is 1. The van der Waals surface area contributed by atoms with Gasteiger partial charge in [0.05, 0.1) is 11.8 Å². The summed E-state index contributed by atoms with van der Waals surface area (Å²) < 4.78 is 0. The zero-order valence-corrected chi connectivity index (χ0v) is 11.3. The zero-order valence-electron chi connectivity index (χ0n) is 11.3. The second kappa shape index (κ2) is 6.19. The molecule has 0 bridgehead atoms. The van der Waals surface area contributed by atoms with Crippen molar-refractivity contribution in [3.05, 3.63) is 12.2 Å². The Hall–Kier alpha value is -1.36. The minimum absolute atomic E-state index is 0.1000. The number of piperidine rings is 1. The number of carbonyl (C=O) groups is 2. The molecule has 0 spiro atoms. The Bertz CT molecular complexity index is 381. The molecule has 2 N–H and O–H groups in total. The lowest BCUT2D eigenvalue weighted by Crippen LogP contribution is -2.49. The Morgan fingerprint density at radius 3 is 2.58 bits per heavy atom. The lowest BCUT2D eigenvalue weighted by atomic mass is 9.82. The van der Waals surface area contributed by atoms with Gasteiger partial charge in [0.1, 0.15) is 0 Å². The van der Waals surface area contributed by atoms with Gasteiger partial charge < -0.3 is 15.3 Å². The Labute approximate surface area is 113 Å². The molecule has 1 aliphatic carbocycles. The van der Waals surface area contributed by atoms with E-state index in [1.807, 2.05) is 19.2 Å². The van der Waals surface area contributed by atoms with Crippen LogP contribution in [0.2, 0.25) is 0 Å². The van der Waals surface area contributed by atoms with Crippen molar-refractivity contribution in [3.8, 4) is 0 Å². The first-order valence-corrected chi connectivity index (χ1v) is 6.94. The highest BCUT2D eigenvalue weighted by atomic mass is 16.4. The third-order valence-electron chi connectivity index (χ3n) is 4.06. The molecule has 0 saturated carbocycles. The topological polar surface area (TPSA) is 69.6 Å². The Balaban J connectivity index is 1.94. The van der Waals surface area contributed by atoms with Crippen LogP contribution in [0.5, 0.6) is 0 Å². The van der Waals surface area contributed by atoms with Crippen molar-refractivity contribution in [2.45, 2.75) is 31.7 Å². The van der Waals surface area contributed by atoms with Crippen LogP contribution >= 0.6 is 0 Å². The molecule has 1 amide bonds. The number of aliphatic carboxylic acids is 1. The van der Waals surface area contributed by atoms with Crippen LogP contribution in [0.4, 0.5) is 0 Å². The van der Waals surface area contributed by atoms with Gasteiger partial charge in [-0.2, -0.15) is 0 Å². The average molecular weight is 266 g/mol. The standard InChI is InChI=1S/C14H22N2O3/c1-16-8-4-5-10(9-16)15-13(17)11-6-2-3-7-12(11)14(18)19/h2-3,10-12H,4-9H2,1H3,(H,15,17)(H,18,19). The average Bonchev–Trinajstić information content (AvgIpc) is 2.38. The molecule has 0 radical (unpaired) electrons. The molecule has 0 aromatic heterocycles. The first-order chi connectivity index (χ1) is 9.08. The molecular formula is C14H22N2O3. The number of allylic oxidation sites excluding steroid dienone is 2. The number of nitrogens with one attached hydrogen (secondary N) is 1. The van der Waals surface area contributed by atoms with Crippen LogP contribution < -0.4 is 5.32 Å². The first kappa shape index (κ1) is 14.1. The number of amides is 1. The number of hydrogen-bond donors (Lipinski definition) is 2. The fourth-order valence-electron chi connectivity index (χ4n) is 2.97. The summed E-state index contributed by atoms with van der Waals surface area (Å²) in [4.78, 5) is 25.7. The molecule has 1 fully saturated rings. The second-order valence-corrected chi connectivity index (χ2v) is 5.60. The molecule has 5 heteroatoms. The molecule has 1 heterocycles. The summed E-state index contributed by atoms with van der Waals surface area (Å²) in [5.74, 6) is -1.97. The Kier molecular flexibility index (Phi) is 4.58. The Morgan fingerprint density at radius 2 is 1.95 bits per heavy atom. The van der Waals surface area contributed by atoms with Crippen LogP contribution in [-0.2, 0) is 9.59 Å². The monoisotopic (exact) mass is 266 g/mol. The number of carboxylic acids is 1. The van der Waals surface area contributed by atoms with Crippen LogP contribution in [0.15, 0.2) is 12.2 Å². The lowest BCUT2D eigenvalue weighted by molar-refractivity contribution is -0.147. The van der Waals surface area contributed by atoms with E-state index in [1.54, 1.807) is 0 Å². The van der Waals surface area contributed by atoms with Crippen molar-refractivity contribution in [2.24, 2.45) is 11.8 Å². The number of likely N-dealkylation sites (tertiary alicyclic amines) is 1. The Morgan fingerprint density at radius 1 is 1.26 bits per heavy atom. The van der Waals surface area contributed by atoms with Gasteiger partial charge in [-0.15, -0.1) is 0 Å². The molecular weight excluding hydrogens is 244 g/mol. The van der Waals surface area contributed by atoms with Gasteiger partial charge in [-0.3, -0.25) is 9.59 Å². The van der Waals surface area contributed by atoms with Crippen molar-refractivity contribution in [1.29, 1.82) is 0 Å². The highest BCUT2D eigenvalue weighted by Gasteiger charge is 2.35. The number of nitrogens with zero attached hydrogens (tertiary/aromatic N) is 1. The molecule has 106 valence electrons. The lowest BCUT2D eigenvalue weighted by Gasteiger charge is -2.32. The van der Waals surface area contributed by atoms with Gasteiger partial charge >= 0.3 is 5.97 Å². The van der Waals surface area contributed by atoms with E-state index >= 15 is 0 Å². The van der Waals surface area contributed by atoms with Crippen LogP contribution in [0, 0.1) is 11.8 Å². The summed E-state index contributed by atoms with van der Waals surface area (Å²) in [6.45, 7) is 1.92. The molecule has 19 heavy (non-hydrogen) atoms. The van der Waals surface area contributed by atoms with Crippen molar-refractivity contribution >= 4 is 11.9 Å². The quantitative estimate of drug-likeness (QED) is 0.744. The predicted octanol–water partition coefficient (Wildman–Crippen LogP) is 0.864. The minimum atomic E-state index is -0.870. The van der Waals surface area contributed by atoms with Gasteiger partial charge in [0, 0.05) is 12.6 Å². The molecule has 1 saturated heterocycles. The fourth-order valence-corrected chi connectivity index (χ4v) is 2.97. The summed E-state index contributed by atoms with van der Waals surface area (Å²) in [5, 5.41) is 12.2. The maximum atomic E-state index is 12.3. The molecule has 3 unspecified atom stereocenters. The summed E-state index contributed by atoms with van der Waals surface area (Å²) >= 11 is 0. The van der Waals surface area contributed by atoms with Gasteiger partial charge in [0.2, 0.25) is 5.91 Å². The molecule has 3 atom stereocenters. The predicted molar refractivity (Wildman–Crippen MR) is 71.7 cm³/mol. The number of hydrogen-bond acceptors (Lipinski definition) is 3. The summed E-state index contributed by atoms with van der Waals surface area (Å²) in [7, 11) is 2.04. The molecule has 2 rings (SSSR count). The SMILES string of the molecule is CN1CCCC(NC(=O)C2CC=CCC2C(=O)O)C1. The van der Waals surface area contributed by atoms with E-state index in [1.165, 1.54) is 0 Å². The van der Waals surface area contributed by atoms with Crippen LogP contribution in [0.25, 0.3) is 0 Å². The van der Waals surface area contributed by atoms with Crippen molar-refractivity contribution in [2.75, 3.05) is 20.1 Å². The van der Waals surface area contributed by atoms with Gasteiger partial charge in [-0.05, 0) is 39.3 Å². The normalized spacial score (nSPS) is 31.9. The zero-order chi connectivity index (χ0) is 13.8. The van der Waals surface area contributed by atoms with Crippen LogP contribution in [0.1, 0.15) is 25.7 Å². The van der Waals surface area contributed by atoms with Crippen LogP contribution in [-0.4, -0.2) is 48.1 Å². The van der Waals surface area contributed by atoms with Crippen molar-refractivity contribution < 1.29 is 14.7 Å². The molecule has 5 nitrogen and oxygen atoms in total. The minimum Gasteiger partial charge on any atom is -0.481 e. The molecule has 0 aromatic rings. The van der Waals surface area contributed by atoms with E-state index in [2.05, 4.69) is 10.2 Å². The summed E-state index contributed by atoms with van der Waals surface area (Å²) in [6.07, 6.45) is 6.82. The second-order valence-electron chi connectivity index (χ2n) is 5.60. The van der Waals surface area contributed by atoms with E-state index in [4.69, 9.17) is 0 Å². The summed E-state index contributed by atoms with van der Waals surface area (Å²) in [6, 6.07) is 0.159. The van der Waals surface area contributed by atoms with E-state index in [0.29, 0.717) is 12.8 Å². The summed E-state index contributed by atoms with van der Waals surface area (Å²) in [5.41, 5.74) is 0. The van der Waals surface area contributed by atoms with Gasteiger partial charge in [-0.25, -0.2) is 0 Å². The van der Waals surface area contributed by atoms with E-state index in [-0.39, 0.29) is 11.9 Å². The third kappa shape index (κ3) is 3.56. The maximum absolute atomic E-state index is 12.3. The third-order valence-corrected chi connectivity index (χ3v) is 4.06. The molecule has 2 aliphatic rings. The van der Waals surface area contributed by atoms with Crippen LogP contribution in [0.3, 0.4) is 0 Å². The molecule has 0 aromatic carbocycles. The van der Waals surface area contributed by atoms with E-state index < -0.39 is 17.8 Å². The van der Waals surface area contributed by atoms with Gasteiger partial charge in [-0.1, -0.05) is 12.2 Å². The van der Waals surface area contributed by atoms with Gasteiger partial charge in [0.25, 0.3) is 0 Å².